The van der Waals surface area contributed by atoms with Gasteiger partial charge in [0.15, 0.2) is 0 Å². The van der Waals surface area contributed by atoms with Crippen LogP contribution in [0.2, 0.25) is 0 Å². The van der Waals surface area contributed by atoms with Gasteiger partial charge in [-0.1, -0.05) is 6.07 Å². The van der Waals surface area contributed by atoms with Crippen molar-refractivity contribution < 1.29 is 14.7 Å². The number of hydrogen-bond donors (Lipinski definition) is 2. The van der Waals surface area contributed by atoms with Crippen LogP contribution < -0.4 is 10.2 Å². The number of hydrogen-bond acceptors (Lipinski definition) is 4. The van der Waals surface area contributed by atoms with E-state index in [0.717, 1.165) is 16.8 Å². The van der Waals surface area contributed by atoms with Gasteiger partial charge < -0.3 is 10.0 Å². The van der Waals surface area contributed by atoms with E-state index in [1.807, 2.05) is 25.1 Å². The number of carbonyl (C=O) groups is 2. The lowest BCUT2D eigenvalue weighted by Gasteiger charge is -2.33. The second-order valence-electron chi connectivity index (χ2n) is 4.49. The summed E-state index contributed by atoms with van der Waals surface area (Å²) in [7, 11) is 0. The van der Waals surface area contributed by atoms with Gasteiger partial charge in [0, 0.05) is 5.69 Å². The van der Waals surface area contributed by atoms with Gasteiger partial charge in [0.25, 0.3) is 0 Å². The van der Waals surface area contributed by atoms with Crippen LogP contribution in [0.5, 0.6) is 0 Å². The number of nitrogens with one attached hydrogen (secondary N) is 1. The van der Waals surface area contributed by atoms with Crippen LogP contribution in [0.1, 0.15) is 18.1 Å². The highest BCUT2D eigenvalue weighted by atomic mass is 16.3. The lowest BCUT2D eigenvalue weighted by Crippen LogP contribution is -2.57. The maximum atomic E-state index is 11.6. The Bertz CT molecular complexity index is 499. The van der Waals surface area contributed by atoms with Gasteiger partial charge in [0.2, 0.25) is 11.8 Å². The van der Waals surface area contributed by atoms with E-state index in [2.05, 4.69) is 5.32 Å². The SMILES string of the molecule is Cc1cc(N2CC(=O)NC(=O)C2C)ccc1CO. The third kappa shape index (κ3) is 2.22. The van der Waals surface area contributed by atoms with E-state index in [1.165, 1.54) is 0 Å². The first-order valence-electron chi connectivity index (χ1n) is 5.83. The standard InChI is InChI=1S/C13H16N2O3/c1-8-5-11(4-3-10(8)7-16)15-6-12(17)14-13(18)9(15)2/h3-5,9,16H,6-7H2,1-2H3,(H,14,17,18). The summed E-state index contributed by atoms with van der Waals surface area (Å²) in [5.74, 6) is -0.572. The molecular formula is C13H16N2O3. The number of amides is 2. The van der Waals surface area contributed by atoms with E-state index in [1.54, 1.807) is 11.8 Å². The first-order chi connectivity index (χ1) is 8.52. The summed E-state index contributed by atoms with van der Waals surface area (Å²) in [6, 6.07) is 5.14. The molecule has 18 heavy (non-hydrogen) atoms. The summed E-state index contributed by atoms with van der Waals surface area (Å²) in [6.45, 7) is 3.81. The van der Waals surface area contributed by atoms with Crippen LogP contribution in [0.15, 0.2) is 18.2 Å². The van der Waals surface area contributed by atoms with Gasteiger partial charge in [0.1, 0.15) is 6.04 Å². The van der Waals surface area contributed by atoms with Crippen molar-refractivity contribution in [3.05, 3.63) is 29.3 Å². The minimum atomic E-state index is -0.373. The quantitative estimate of drug-likeness (QED) is 0.740. The summed E-state index contributed by atoms with van der Waals surface area (Å²) in [5, 5.41) is 11.4. The first-order valence-corrected chi connectivity index (χ1v) is 5.83. The number of aryl methyl sites for hydroxylation is 1. The molecule has 2 amide bonds. The number of benzene rings is 1. The van der Waals surface area contributed by atoms with Crippen molar-refractivity contribution in [2.75, 3.05) is 11.4 Å². The molecule has 1 atom stereocenters. The predicted octanol–water partition coefficient (Wildman–Crippen LogP) is 0.339. The van der Waals surface area contributed by atoms with Crippen LogP contribution in [-0.2, 0) is 16.2 Å². The maximum absolute atomic E-state index is 11.6. The number of piperazine rings is 1. The summed E-state index contributed by atoms with van der Waals surface area (Å²) in [5.41, 5.74) is 2.61. The average molecular weight is 248 g/mol. The molecular weight excluding hydrogens is 232 g/mol. The van der Waals surface area contributed by atoms with E-state index in [-0.39, 0.29) is 31.0 Å². The van der Waals surface area contributed by atoms with Crippen molar-refractivity contribution in [2.45, 2.75) is 26.5 Å². The number of carbonyl (C=O) groups excluding carboxylic acids is 2. The number of aliphatic hydroxyl groups is 1. The molecule has 96 valence electrons. The van der Waals surface area contributed by atoms with Crippen LogP contribution in [0.4, 0.5) is 5.69 Å². The molecule has 1 heterocycles. The highest BCUT2D eigenvalue weighted by molar-refractivity contribution is 6.04. The summed E-state index contributed by atoms with van der Waals surface area (Å²) in [6.07, 6.45) is 0. The fourth-order valence-corrected chi connectivity index (χ4v) is 2.07. The predicted molar refractivity (Wildman–Crippen MR) is 67.1 cm³/mol. The number of anilines is 1. The molecule has 5 nitrogen and oxygen atoms in total. The van der Waals surface area contributed by atoms with Gasteiger partial charge in [-0.05, 0) is 37.1 Å². The number of imide groups is 1. The van der Waals surface area contributed by atoms with Crippen LogP contribution in [0.3, 0.4) is 0 Å². The Hall–Kier alpha value is -1.88. The Labute approximate surface area is 105 Å². The van der Waals surface area contributed by atoms with Gasteiger partial charge in [-0.15, -0.1) is 0 Å². The van der Waals surface area contributed by atoms with Crippen molar-refractivity contribution in [3.8, 4) is 0 Å². The molecule has 0 spiro atoms. The molecule has 2 rings (SSSR count). The molecule has 2 N–H and O–H groups in total. The lowest BCUT2D eigenvalue weighted by molar-refractivity contribution is -0.132. The smallest absolute Gasteiger partial charge is 0.249 e. The summed E-state index contributed by atoms with van der Waals surface area (Å²) < 4.78 is 0. The zero-order chi connectivity index (χ0) is 13.3. The Kier molecular flexibility index (Phi) is 3.34. The molecule has 1 aliphatic heterocycles. The van der Waals surface area contributed by atoms with Crippen molar-refractivity contribution in [2.24, 2.45) is 0 Å². The molecule has 1 fully saturated rings. The van der Waals surface area contributed by atoms with Crippen molar-refractivity contribution in [1.82, 2.24) is 5.32 Å². The van der Waals surface area contributed by atoms with E-state index in [4.69, 9.17) is 5.11 Å². The third-order valence-electron chi connectivity index (χ3n) is 3.25. The zero-order valence-electron chi connectivity index (χ0n) is 10.4. The normalized spacial score (nSPS) is 19.9. The van der Waals surface area contributed by atoms with Crippen LogP contribution in [-0.4, -0.2) is 29.5 Å². The lowest BCUT2D eigenvalue weighted by atomic mass is 10.1. The van der Waals surface area contributed by atoms with E-state index in [0.29, 0.717) is 0 Å². The number of rotatable bonds is 2. The van der Waals surface area contributed by atoms with Crippen molar-refractivity contribution >= 4 is 17.5 Å². The third-order valence-corrected chi connectivity index (χ3v) is 3.25. The summed E-state index contributed by atoms with van der Waals surface area (Å²) in [4.78, 5) is 24.7. The average Bonchev–Trinajstić information content (AvgIpc) is 2.33. The number of aliphatic hydroxyl groups excluding tert-OH is 1. The van der Waals surface area contributed by atoms with Crippen LogP contribution >= 0.6 is 0 Å². The first kappa shape index (κ1) is 12.6. The van der Waals surface area contributed by atoms with Gasteiger partial charge in [-0.25, -0.2) is 0 Å². The molecule has 1 aliphatic rings. The second kappa shape index (κ2) is 4.78. The van der Waals surface area contributed by atoms with Gasteiger partial charge in [-0.3, -0.25) is 14.9 Å². The highest BCUT2D eigenvalue weighted by Gasteiger charge is 2.30. The Balaban J connectivity index is 2.32. The molecule has 1 aromatic rings. The van der Waals surface area contributed by atoms with Gasteiger partial charge in [-0.2, -0.15) is 0 Å². The molecule has 1 aromatic carbocycles. The largest absolute Gasteiger partial charge is 0.392 e. The van der Waals surface area contributed by atoms with Crippen LogP contribution in [0, 0.1) is 6.92 Å². The van der Waals surface area contributed by atoms with Gasteiger partial charge in [0.05, 0.1) is 13.2 Å². The molecule has 0 aromatic heterocycles. The van der Waals surface area contributed by atoms with E-state index >= 15 is 0 Å². The summed E-state index contributed by atoms with van der Waals surface area (Å²) >= 11 is 0. The molecule has 1 unspecified atom stereocenters. The van der Waals surface area contributed by atoms with Crippen molar-refractivity contribution in [3.63, 3.8) is 0 Å². The topological polar surface area (TPSA) is 69.6 Å². The second-order valence-corrected chi connectivity index (χ2v) is 4.49. The van der Waals surface area contributed by atoms with E-state index < -0.39 is 0 Å². The Morgan fingerprint density at radius 2 is 2.17 bits per heavy atom. The zero-order valence-corrected chi connectivity index (χ0v) is 10.4. The molecule has 0 aliphatic carbocycles. The van der Waals surface area contributed by atoms with Crippen LogP contribution in [0.25, 0.3) is 0 Å². The minimum absolute atomic E-state index is 0.0128. The van der Waals surface area contributed by atoms with E-state index in [9.17, 15) is 9.59 Å². The fourth-order valence-electron chi connectivity index (χ4n) is 2.07. The fraction of sp³-hybridized carbons (Fsp3) is 0.385. The highest BCUT2D eigenvalue weighted by Crippen LogP contribution is 2.22. The minimum Gasteiger partial charge on any atom is -0.392 e. The molecule has 1 saturated heterocycles. The van der Waals surface area contributed by atoms with Crippen molar-refractivity contribution in [1.29, 1.82) is 0 Å². The Morgan fingerprint density at radius 1 is 1.44 bits per heavy atom. The molecule has 5 heteroatoms. The molecule has 0 saturated carbocycles. The van der Waals surface area contributed by atoms with Gasteiger partial charge >= 0.3 is 0 Å². The molecule has 0 bridgehead atoms. The Morgan fingerprint density at radius 3 is 2.78 bits per heavy atom. The number of nitrogens with zero attached hydrogens (tertiary/aromatic N) is 1. The monoisotopic (exact) mass is 248 g/mol. The maximum Gasteiger partial charge on any atom is 0.249 e. The molecule has 0 radical (unpaired) electrons.